The minimum atomic E-state index is -0.351. The number of aromatic nitrogens is 4. The highest BCUT2D eigenvalue weighted by Crippen LogP contribution is 2.28. The van der Waals surface area contributed by atoms with Crippen LogP contribution in [0.4, 0.5) is 0 Å². The molecule has 4 heterocycles. The van der Waals surface area contributed by atoms with Crippen molar-refractivity contribution in [1.82, 2.24) is 19.8 Å². The van der Waals surface area contributed by atoms with Crippen LogP contribution in [0.2, 0.25) is 0 Å². The molecule has 35 heavy (non-hydrogen) atoms. The maximum Gasteiger partial charge on any atom is 0.344 e. The Labute approximate surface area is 201 Å². The van der Waals surface area contributed by atoms with E-state index in [0.717, 1.165) is 48.8 Å². The van der Waals surface area contributed by atoms with Crippen molar-refractivity contribution in [2.24, 2.45) is 0 Å². The molecule has 0 amide bonds. The molecule has 0 atom stereocenters. The lowest BCUT2D eigenvalue weighted by Gasteiger charge is -2.03. The minimum absolute atomic E-state index is 0.351. The normalized spacial score (nSPS) is 11.7. The third kappa shape index (κ3) is 3.43. The monoisotopic (exact) mass is 476 g/mol. The van der Waals surface area contributed by atoms with Gasteiger partial charge in [-0.25, -0.2) is 14.3 Å². The summed E-state index contributed by atoms with van der Waals surface area (Å²) >= 11 is 1.53. The second-order valence-electron chi connectivity index (χ2n) is 8.21. The maximum absolute atomic E-state index is 12.5. The maximum atomic E-state index is 12.5. The van der Waals surface area contributed by atoms with E-state index in [1.807, 2.05) is 79.0 Å². The molecule has 7 nitrogen and oxygen atoms in total. The van der Waals surface area contributed by atoms with E-state index < -0.39 is 0 Å². The van der Waals surface area contributed by atoms with Gasteiger partial charge >= 0.3 is 5.63 Å². The number of rotatable bonds is 4. The van der Waals surface area contributed by atoms with E-state index in [1.165, 1.54) is 11.3 Å². The standard InChI is InChI=1S/C27H16N4O3S/c32-26-20(13-18-5-1-3-7-23(18)33-26)16-9-11-17(12-10-16)22-15-31-27(28-22)35-25(29-31)14-21-19-6-2-4-8-24(19)34-30-21/h1-13,15H,14H2. The molecule has 8 heteroatoms. The SMILES string of the molecule is O=c1oc2ccccc2cc1-c1ccc(-c2cn3nc(Cc4noc5ccccc45)sc3n2)cc1. The fraction of sp³-hybridized carbons (Fsp3) is 0.0370. The molecule has 0 saturated heterocycles. The van der Waals surface area contributed by atoms with Gasteiger partial charge in [0.2, 0.25) is 4.96 Å². The molecule has 0 aliphatic heterocycles. The topological polar surface area (TPSA) is 86.4 Å². The number of hydrogen-bond donors (Lipinski definition) is 0. The predicted octanol–water partition coefficient (Wildman–Crippen LogP) is 5.96. The summed E-state index contributed by atoms with van der Waals surface area (Å²) in [5, 5.41) is 11.7. The molecule has 0 radical (unpaired) electrons. The van der Waals surface area contributed by atoms with Gasteiger partial charge in [0.25, 0.3) is 0 Å². The number of hydrogen-bond acceptors (Lipinski definition) is 7. The van der Waals surface area contributed by atoms with Gasteiger partial charge in [0, 0.05) is 22.8 Å². The molecule has 3 aromatic carbocycles. The zero-order valence-electron chi connectivity index (χ0n) is 18.2. The van der Waals surface area contributed by atoms with Crippen molar-refractivity contribution in [2.75, 3.05) is 0 Å². The van der Waals surface area contributed by atoms with Crippen molar-refractivity contribution in [3.8, 4) is 22.4 Å². The van der Waals surface area contributed by atoms with Gasteiger partial charge in [-0.05, 0) is 29.8 Å². The Bertz CT molecular complexity index is 1880. The van der Waals surface area contributed by atoms with Gasteiger partial charge in [-0.15, -0.1) is 0 Å². The average molecular weight is 477 g/mol. The molecule has 7 rings (SSSR count). The van der Waals surface area contributed by atoms with Crippen molar-refractivity contribution >= 4 is 38.2 Å². The molecule has 4 aromatic heterocycles. The Kier molecular flexibility index (Phi) is 4.40. The van der Waals surface area contributed by atoms with Gasteiger partial charge < -0.3 is 8.94 Å². The Morgan fingerprint density at radius 3 is 2.51 bits per heavy atom. The van der Waals surface area contributed by atoms with Crippen LogP contribution in [0.25, 0.3) is 49.3 Å². The van der Waals surface area contributed by atoms with Crippen LogP contribution in [0, 0.1) is 0 Å². The predicted molar refractivity (Wildman–Crippen MR) is 135 cm³/mol. The molecule has 0 saturated carbocycles. The number of fused-ring (bicyclic) bond motifs is 3. The quantitative estimate of drug-likeness (QED) is 0.291. The Morgan fingerprint density at radius 2 is 1.66 bits per heavy atom. The van der Waals surface area contributed by atoms with E-state index in [0.29, 0.717) is 17.6 Å². The fourth-order valence-corrected chi connectivity index (χ4v) is 5.12. The molecule has 0 spiro atoms. The van der Waals surface area contributed by atoms with Crippen molar-refractivity contribution in [3.05, 3.63) is 106 Å². The molecule has 0 bridgehead atoms. The number of imidazole rings is 1. The van der Waals surface area contributed by atoms with E-state index in [-0.39, 0.29) is 5.63 Å². The van der Waals surface area contributed by atoms with Crippen LogP contribution in [0.5, 0.6) is 0 Å². The summed E-state index contributed by atoms with van der Waals surface area (Å²) in [5.41, 5.74) is 4.97. The second-order valence-corrected chi connectivity index (χ2v) is 9.25. The molecule has 0 fully saturated rings. The summed E-state index contributed by atoms with van der Waals surface area (Å²) in [4.78, 5) is 18.0. The van der Waals surface area contributed by atoms with E-state index in [9.17, 15) is 4.79 Å². The van der Waals surface area contributed by atoms with Crippen LogP contribution in [-0.2, 0) is 6.42 Å². The van der Waals surface area contributed by atoms with Gasteiger partial charge in [-0.2, -0.15) is 5.10 Å². The highest BCUT2D eigenvalue weighted by Gasteiger charge is 2.14. The van der Waals surface area contributed by atoms with Crippen LogP contribution in [0.1, 0.15) is 10.7 Å². The Hall–Kier alpha value is -4.56. The molecule has 0 aliphatic rings. The summed E-state index contributed by atoms with van der Waals surface area (Å²) in [5.74, 6) is 0. The third-order valence-electron chi connectivity index (χ3n) is 5.99. The lowest BCUT2D eigenvalue weighted by molar-refractivity contribution is 0.448. The third-order valence-corrected chi connectivity index (χ3v) is 6.91. The van der Waals surface area contributed by atoms with Crippen molar-refractivity contribution < 1.29 is 8.94 Å². The van der Waals surface area contributed by atoms with Gasteiger partial charge in [-0.3, -0.25) is 0 Å². The number of para-hydroxylation sites is 2. The summed E-state index contributed by atoms with van der Waals surface area (Å²) in [6.45, 7) is 0. The summed E-state index contributed by atoms with van der Waals surface area (Å²) in [6.07, 6.45) is 2.50. The van der Waals surface area contributed by atoms with E-state index in [4.69, 9.17) is 13.9 Å². The van der Waals surface area contributed by atoms with Crippen molar-refractivity contribution in [1.29, 1.82) is 0 Å². The summed E-state index contributed by atoms with van der Waals surface area (Å²) in [7, 11) is 0. The first-order valence-electron chi connectivity index (χ1n) is 11.0. The molecule has 0 unspecified atom stereocenters. The van der Waals surface area contributed by atoms with Crippen molar-refractivity contribution in [2.45, 2.75) is 6.42 Å². The van der Waals surface area contributed by atoms with Crippen molar-refractivity contribution in [3.63, 3.8) is 0 Å². The molecule has 0 aliphatic carbocycles. The highest BCUT2D eigenvalue weighted by atomic mass is 32.1. The zero-order valence-corrected chi connectivity index (χ0v) is 19.0. The first-order chi connectivity index (χ1) is 17.2. The van der Waals surface area contributed by atoms with E-state index in [2.05, 4.69) is 10.3 Å². The average Bonchev–Trinajstić information content (AvgIpc) is 3.58. The van der Waals surface area contributed by atoms with E-state index >= 15 is 0 Å². The van der Waals surface area contributed by atoms with Crippen LogP contribution in [0.15, 0.2) is 98.8 Å². The smallest absolute Gasteiger partial charge is 0.344 e. The lowest BCUT2D eigenvalue weighted by atomic mass is 10.0. The van der Waals surface area contributed by atoms with Gasteiger partial charge in [-0.1, -0.05) is 71.1 Å². The first kappa shape index (κ1) is 19.9. The molecule has 0 N–H and O–H groups in total. The minimum Gasteiger partial charge on any atom is -0.422 e. The molecule has 168 valence electrons. The molecular weight excluding hydrogens is 460 g/mol. The highest BCUT2D eigenvalue weighted by molar-refractivity contribution is 7.16. The van der Waals surface area contributed by atoms with Gasteiger partial charge in [0.05, 0.1) is 23.1 Å². The van der Waals surface area contributed by atoms with Crippen LogP contribution in [-0.4, -0.2) is 19.8 Å². The number of nitrogens with zero attached hydrogens (tertiary/aromatic N) is 4. The Morgan fingerprint density at radius 1 is 0.886 bits per heavy atom. The Balaban J connectivity index is 1.17. The van der Waals surface area contributed by atoms with Crippen LogP contribution >= 0.6 is 11.3 Å². The van der Waals surface area contributed by atoms with E-state index in [1.54, 1.807) is 10.6 Å². The zero-order chi connectivity index (χ0) is 23.4. The summed E-state index contributed by atoms with van der Waals surface area (Å²) < 4.78 is 12.7. The lowest BCUT2D eigenvalue weighted by Crippen LogP contribution is -2.02. The largest absolute Gasteiger partial charge is 0.422 e. The van der Waals surface area contributed by atoms with Gasteiger partial charge in [0.15, 0.2) is 5.58 Å². The molecular formula is C27H16N4O3S. The second kappa shape index (κ2) is 7.75. The van der Waals surface area contributed by atoms with Crippen LogP contribution < -0.4 is 5.63 Å². The molecule has 7 aromatic rings. The van der Waals surface area contributed by atoms with Gasteiger partial charge in [0.1, 0.15) is 10.6 Å². The number of benzene rings is 3. The first-order valence-corrected chi connectivity index (χ1v) is 11.8. The fourth-order valence-electron chi connectivity index (χ4n) is 4.24. The summed E-state index contributed by atoms with van der Waals surface area (Å²) in [6, 6.07) is 24.9. The van der Waals surface area contributed by atoms with Crippen LogP contribution in [0.3, 0.4) is 0 Å².